The first-order valence-electron chi connectivity index (χ1n) is 16.4. The van der Waals surface area contributed by atoms with E-state index in [-0.39, 0.29) is 18.3 Å². The number of carbonyl (C=O) groups excluding carboxylic acids is 2. The zero-order valence-corrected chi connectivity index (χ0v) is 29.0. The Morgan fingerprint density at radius 1 is 0.519 bits per heavy atom. The molecule has 0 saturated carbocycles. The van der Waals surface area contributed by atoms with Gasteiger partial charge in [-0.1, -0.05) is 13.2 Å². The van der Waals surface area contributed by atoms with Crippen LogP contribution < -0.4 is 9.47 Å². The zero-order valence-electron chi connectivity index (χ0n) is 29.0. The third kappa shape index (κ3) is 13.5. The van der Waals surface area contributed by atoms with Gasteiger partial charge >= 0.3 is 11.9 Å². The first kappa shape index (κ1) is 38.4. The number of hydrogen-bond donors (Lipinski definition) is 0. The first-order valence-corrected chi connectivity index (χ1v) is 16.4. The van der Waals surface area contributed by atoms with Crippen molar-refractivity contribution in [1.82, 2.24) is 0 Å². The normalized spacial score (nSPS) is 11.2. The number of rotatable bonds is 19. The van der Waals surface area contributed by atoms with Gasteiger partial charge in [0.1, 0.15) is 17.2 Å². The maximum Gasteiger partial charge on any atom is 0.333 e. The quantitative estimate of drug-likeness (QED) is 0.0410. The maximum absolute atomic E-state index is 14.7. The van der Waals surface area contributed by atoms with Crippen LogP contribution in [0, 0.1) is 5.82 Å². The van der Waals surface area contributed by atoms with E-state index < -0.39 is 11.8 Å². The lowest BCUT2D eigenvalue weighted by atomic mass is 10.3. The van der Waals surface area contributed by atoms with Crippen molar-refractivity contribution in [3.63, 3.8) is 0 Å². The molecule has 0 heterocycles. The Labute approximate surface area is 301 Å². The summed E-state index contributed by atoms with van der Waals surface area (Å²) < 4.78 is 36.2. The molecule has 0 aliphatic rings. The Kier molecular flexibility index (Phi) is 15.0. The van der Waals surface area contributed by atoms with Gasteiger partial charge in [0, 0.05) is 23.6 Å². The smallest absolute Gasteiger partial charge is 0.333 e. The minimum atomic E-state index is -0.596. The molecular formula is C39H39FN6O6. The lowest BCUT2D eigenvalue weighted by Gasteiger charge is -2.07. The highest BCUT2D eigenvalue weighted by atomic mass is 19.1. The molecule has 52 heavy (non-hydrogen) atoms. The highest BCUT2D eigenvalue weighted by molar-refractivity contribution is 5.87. The molecule has 0 saturated heterocycles. The van der Waals surface area contributed by atoms with Crippen molar-refractivity contribution < 1.29 is 32.9 Å². The maximum atomic E-state index is 14.7. The van der Waals surface area contributed by atoms with Crippen LogP contribution >= 0.6 is 0 Å². The number of carbonyl (C=O) groups is 2. The minimum absolute atomic E-state index is 0.0510. The molecule has 0 unspecified atom stereocenters. The van der Waals surface area contributed by atoms with Crippen LogP contribution in [0.2, 0.25) is 0 Å². The SMILES string of the molecule is C=C(C)C(=O)OCCCCOc1ccc(N=Nc2ccc(N=Nc3ccc(N=Nc4ccc(OCCCOC(=O)C(=C)C)cc4)cc3F)cc2)cc1. The highest BCUT2D eigenvalue weighted by Crippen LogP contribution is 2.28. The van der Waals surface area contributed by atoms with Crippen LogP contribution in [0.15, 0.2) is 146 Å². The van der Waals surface area contributed by atoms with Gasteiger partial charge in [-0.2, -0.15) is 25.6 Å². The molecule has 4 aromatic carbocycles. The fraction of sp³-hybridized carbons (Fsp3) is 0.231. The van der Waals surface area contributed by atoms with Gasteiger partial charge in [-0.25, -0.2) is 14.0 Å². The summed E-state index contributed by atoms with van der Waals surface area (Å²) in [5.41, 5.74) is 3.43. The minimum Gasteiger partial charge on any atom is -0.494 e. The second-order valence-corrected chi connectivity index (χ2v) is 11.3. The Bertz CT molecular complexity index is 1910. The van der Waals surface area contributed by atoms with Gasteiger partial charge < -0.3 is 18.9 Å². The average molecular weight is 707 g/mol. The summed E-state index contributed by atoms with van der Waals surface area (Å²) in [4.78, 5) is 22.8. The summed E-state index contributed by atoms with van der Waals surface area (Å²) in [6.07, 6.45) is 1.98. The molecule has 0 spiro atoms. The molecule has 0 N–H and O–H groups in total. The molecule has 0 bridgehead atoms. The summed E-state index contributed by atoms with van der Waals surface area (Å²) in [5.74, 6) is -0.0702. The Morgan fingerprint density at radius 2 is 0.885 bits per heavy atom. The van der Waals surface area contributed by atoms with Crippen LogP contribution in [0.4, 0.5) is 38.5 Å². The molecule has 4 aromatic rings. The summed E-state index contributed by atoms with van der Waals surface area (Å²) in [6, 6.07) is 25.3. The topological polar surface area (TPSA) is 145 Å². The second-order valence-electron chi connectivity index (χ2n) is 11.3. The molecule has 0 amide bonds. The van der Waals surface area contributed by atoms with Gasteiger partial charge in [-0.05, 0) is 112 Å². The van der Waals surface area contributed by atoms with Crippen molar-refractivity contribution >= 4 is 46.1 Å². The molecule has 0 atom stereocenters. The number of hydrogen-bond acceptors (Lipinski definition) is 12. The third-order valence-corrected chi connectivity index (χ3v) is 6.82. The summed E-state index contributed by atoms with van der Waals surface area (Å²) >= 11 is 0. The van der Waals surface area contributed by atoms with E-state index in [1.54, 1.807) is 80.6 Å². The molecule has 0 radical (unpaired) electrons. The second kappa shape index (κ2) is 20.3. The van der Waals surface area contributed by atoms with Gasteiger partial charge in [0.05, 0.1) is 54.9 Å². The van der Waals surface area contributed by atoms with Crippen LogP contribution in [0.5, 0.6) is 11.5 Å². The number of azo groups is 3. The van der Waals surface area contributed by atoms with Crippen LogP contribution in [0.1, 0.15) is 33.1 Å². The standard InChI is InChI=1S/C39H39FN6O6/c1-27(2)38(47)51-23-6-5-22-49-34-17-12-31(13-18-34)42-41-29-8-10-30(11-9-29)44-46-37-21-16-33(26-36(37)40)45-43-32-14-19-35(20-15-32)50-24-7-25-52-39(48)28(3)4/h8-21,26H,1,3,5-7,22-25H2,2,4H3. The average Bonchev–Trinajstić information content (AvgIpc) is 3.15. The van der Waals surface area contributed by atoms with Crippen molar-refractivity contribution in [1.29, 1.82) is 0 Å². The molecule has 0 aliphatic heterocycles. The van der Waals surface area contributed by atoms with Crippen LogP contribution in [-0.2, 0) is 19.1 Å². The molecule has 0 aliphatic carbocycles. The van der Waals surface area contributed by atoms with Crippen LogP contribution in [-0.4, -0.2) is 38.4 Å². The van der Waals surface area contributed by atoms with E-state index in [0.29, 0.717) is 83.7 Å². The van der Waals surface area contributed by atoms with Gasteiger partial charge in [-0.15, -0.1) is 5.11 Å². The largest absolute Gasteiger partial charge is 0.494 e. The summed E-state index contributed by atoms with van der Waals surface area (Å²) in [6.45, 7) is 11.7. The molecule has 268 valence electrons. The number of ether oxygens (including phenoxy) is 4. The number of nitrogens with zero attached hydrogens (tertiary/aromatic N) is 6. The summed E-state index contributed by atoms with van der Waals surface area (Å²) in [7, 11) is 0. The predicted octanol–water partition coefficient (Wildman–Crippen LogP) is 11.2. The molecular weight excluding hydrogens is 667 g/mol. The van der Waals surface area contributed by atoms with Crippen LogP contribution in [0.25, 0.3) is 0 Å². The first-order chi connectivity index (χ1) is 25.2. The molecule has 0 fully saturated rings. The van der Waals surface area contributed by atoms with Crippen molar-refractivity contribution in [2.45, 2.75) is 33.1 Å². The van der Waals surface area contributed by atoms with Crippen molar-refractivity contribution in [2.75, 3.05) is 26.4 Å². The molecule has 12 nitrogen and oxygen atoms in total. The number of esters is 2. The van der Waals surface area contributed by atoms with Crippen molar-refractivity contribution in [3.05, 3.63) is 121 Å². The van der Waals surface area contributed by atoms with Crippen molar-refractivity contribution in [2.24, 2.45) is 30.7 Å². The lowest BCUT2D eigenvalue weighted by molar-refractivity contribution is -0.140. The van der Waals surface area contributed by atoms with E-state index in [4.69, 9.17) is 18.9 Å². The Hall–Kier alpha value is -6.37. The van der Waals surface area contributed by atoms with Crippen molar-refractivity contribution in [3.8, 4) is 11.5 Å². The Balaban J connectivity index is 1.19. The fourth-order valence-corrected chi connectivity index (χ4v) is 4.00. The Morgan fingerprint density at radius 3 is 1.35 bits per heavy atom. The monoisotopic (exact) mass is 706 g/mol. The van der Waals surface area contributed by atoms with E-state index in [1.165, 1.54) is 12.1 Å². The van der Waals surface area contributed by atoms with Gasteiger partial charge in [-0.3, -0.25) is 0 Å². The molecule has 4 rings (SSSR count). The van der Waals surface area contributed by atoms with Gasteiger partial charge in [0.25, 0.3) is 0 Å². The molecule has 0 aromatic heterocycles. The number of halogens is 1. The van der Waals surface area contributed by atoms with E-state index in [9.17, 15) is 14.0 Å². The van der Waals surface area contributed by atoms with E-state index >= 15 is 0 Å². The summed E-state index contributed by atoms with van der Waals surface area (Å²) in [5, 5.41) is 24.9. The van der Waals surface area contributed by atoms with Gasteiger partial charge in [0.2, 0.25) is 0 Å². The van der Waals surface area contributed by atoms with Gasteiger partial charge in [0.15, 0.2) is 5.82 Å². The lowest BCUT2D eigenvalue weighted by Crippen LogP contribution is -2.09. The highest BCUT2D eigenvalue weighted by Gasteiger charge is 2.05. The predicted molar refractivity (Wildman–Crippen MR) is 195 cm³/mol. The fourth-order valence-electron chi connectivity index (χ4n) is 4.00. The zero-order chi connectivity index (χ0) is 37.1. The van der Waals surface area contributed by atoms with E-state index in [1.807, 2.05) is 12.1 Å². The van der Waals surface area contributed by atoms with Crippen LogP contribution in [0.3, 0.4) is 0 Å². The number of benzene rings is 4. The third-order valence-electron chi connectivity index (χ3n) is 6.82. The van der Waals surface area contributed by atoms with E-state index in [0.717, 1.165) is 6.42 Å². The molecule has 13 heteroatoms. The number of unbranched alkanes of at least 4 members (excludes halogenated alkanes) is 1. The van der Waals surface area contributed by atoms with E-state index in [2.05, 4.69) is 43.8 Å².